The van der Waals surface area contributed by atoms with Crippen LogP contribution in [0.4, 0.5) is 0 Å². The van der Waals surface area contributed by atoms with Crippen molar-refractivity contribution in [1.29, 1.82) is 0 Å². The fraction of sp³-hybridized carbons (Fsp3) is 0.467. The normalized spacial score (nSPS) is 12.9. The average molecular weight is 247 g/mol. The Bertz CT molecular complexity index is 529. The van der Waals surface area contributed by atoms with Crippen LogP contribution in [0.2, 0.25) is 0 Å². The number of aliphatic hydroxyl groups excluding tert-OH is 1. The number of hydrogen-bond acceptors (Lipinski definition) is 2. The Morgan fingerprint density at radius 3 is 2.78 bits per heavy atom. The predicted octanol–water partition coefficient (Wildman–Crippen LogP) is 3.50. The Morgan fingerprint density at radius 2 is 2.17 bits per heavy atom. The van der Waals surface area contributed by atoms with Crippen LogP contribution >= 0.6 is 0 Å². The molecule has 0 fully saturated rings. The van der Waals surface area contributed by atoms with Gasteiger partial charge in [0.05, 0.1) is 13.2 Å². The first-order valence-electron chi connectivity index (χ1n) is 6.52. The maximum Gasteiger partial charge on any atom is 0.119 e. The van der Waals surface area contributed by atoms with Gasteiger partial charge >= 0.3 is 0 Å². The number of benzene rings is 1. The molecule has 0 aliphatic carbocycles. The summed E-state index contributed by atoms with van der Waals surface area (Å²) in [5.74, 6) is 0.831. The van der Waals surface area contributed by atoms with Crippen molar-refractivity contribution in [3.05, 3.63) is 30.0 Å². The molecule has 98 valence electrons. The second kappa shape index (κ2) is 5.44. The highest BCUT2D eigenvalue weighted by molar-refractivity contribution is 5.85. The molecule has 0 bridgehead atoms. The molecule has 1 aromatic heterocycles. The molecule has 18 heavy (non-hydrogen) atoms. The minimum absolute atomic E-state index is 0.456. The lowest BCUT2D eigenvalue weighted by molar-refractivity contribution is 0.200. The highest BCUT2D eigenvalue weighted by Crippen LogP contribution is 2.30. The van der Waals surface area contributed by atoms with Gasteiger partial charge in [-0.1, -0.05) is 13.3 Å². The minimum Gasteiger partial charge on any atom is -0.497 e. The van der Waals surface area contributed by atoms with E-state index in [4.69, 9.17) is 4.74 Å². The van der Waals surface area contributed by atoms with Gasteiger partial charge in [-0.3, -0.25) is 0 Å². The number of nitrogens with zero attached hydrogens (tertiary/aromatic N) is 1. The van der Waals surface area contributed by atoms with Crippen LogP contribution in [0.5, 0.6) is 5.75 Å². The first-order chi connectivity index (χ1) is 8.67. The predicted molar refractivity (Wildman–Crippen MR) is 74.0 cm³/mol. The van der Waals surface area contributed by atoms with E-state index in [1.807, 2.05) is 12.1 Å². The zero-order chi connectivity index (χ0) is 13.1. The van der Waals surface area contributed by atoms with Gasteiger partial charge in [0.1, 0.15) is 5.75 Å². The summed E-state index contributed by atoms with van der Waals surface area (Å²) in [5, 5.41) is 11.0. The molecule has 1 heterocycles. The molecule has 0 spiro atoms. The Labute approximate surface area is 108 Å². The summed E-state index contributed by atoms with van der Waals surface area (Å²) in [6.45, 7) is 4.98. The minimum atomic E-state index is -0.456. The zero-order valence-corrected chi connectivity index (χ0v) is 11.3. The van der Waals surface area contributed by atoms with Crippen LogP contribution in [0.1, 0.15) is 38.4 Å². The number of aromatic nitrogens is 1. The summed E-state index contributed by atoms with van der Waals surface area (Å²) in [6.07, 6.45) is 3.92. The summed E-state index contributed by atoms with van der Waals surface area (Å²) in [4.78, 5) is 0. The summed E-state index contributed by atoms with van der Waals surface area (Å²) >= 11 is 0. The van der Waals surface area contributed by atoms with Crippen LogP contribution in [-0.2, 0) is 6.54 Å². The van der Waals surface area contributed by atoms with E-state index in [1.165, 1.54) is 11.9 Å². The Kier molecular flexibility index (Phi) is 3.92. The molecule has 1 atom stereocenters. The zero-order valence-electron chi connectivity index (χ0n) is 11.3. The van der Waals surface area contributed by atoms with E-state index in [2.05, 4.69) is 23.8 Å². The second-order valence-electron chi connectivity index (χ2n) is 4.69. The summed E-state index contributed by atoms with van der Waals surface area (Å²) in [6, 6.07) is 6.03. The fourth-order valence-electron chi connectivity index (χ4n) is 2.28. The first kappa shape index (κ1) is 13.0. The highest BCUT2D eigenvalue weighted by Gasteiger charge is 2.12. The van der Waals surface area contributed by atoms with Gasteiger partial charge in [0, 0.05) is 29.2 Å². The molecule has 0 amide bonds. The van der Waals surface area contributed by atoms with E-state index >= 15 is 0 Å². The van der Waals surface area contributed by atoms with Crippen molar-refractivity contribution in [2.75, 3.05) is 7.11 Å². The van der Waals surface area contributed by atoms with Gasteiger partial charge in [-0.15, -0.1) is 0 Å². The number of aryl methyl sites for hydroxylation is 1. The largest absolute Gasteiger partial charge is 0.497 e. The molecule has 1 unspecified atom stereocenters. The molecule has 1 N–H and O–H groups in total. The first-order valence-corrected chi connectivity index (χ1v) is 6.52. The third kappa shape index (κ3) is 2.36. The average Bonchev–Trinajstić information content (AvgIpc) is 2.74. The molecule has 0 aliphatic rings. The number of fused-ring (bicyclic) bond motifs is 1. The molecule has 0 aliphatic heterocycles. The van der Waals surface area contributed by atoms with Crippen LogP contribution in [0.3, 0.4) is 0 Å². The van der Waals surface area contributed by atoms with E-state index in [1.54, 1.807) is 14.0 Å². The van der Waals surface area contributed by atoms with Crippen molar-refractivity contribution in [1.82, 2.24) is 4.57 Å². The van der Waals surface area contributed by atoms with Gasteiger partial charge in [0.2, 0.25) is 0 Å². The van der Waals surface area contributed by atoms with Gasteiger partial charge < -0.3 is 14.4 Å². The monoisotopic (exact) mass is 247 g/mol. The molecule has 3 heteroatoms. The van der Waals surface area contributed by atoms with Crippen molar-refractivity contribution in [3.8, 4) is 5.75 Å². The lowest BCUT2D eigenvalue weighted by Crippen LogP contribution is -1.95. The van der Waals surface area contributed by atoms with Crippen molar-refractivity contribution in [2.45, 2.75) is 39.3 Å². The molecule has 0 saturated carbocycles. The van der Waals surface area contributed by atoms with Crippen LogP contribution in [0, 0.1) is 0 Å². The summed E-state index contributed by atoms with van der Waals surface area (Å²) < 4.78 is 7.48. The van der Waals surface area contributed by atoms with Crippen LogP contribution in [-0.4, -0.2) is 16.8 Å². The van der Waals surface area contributed by atoms with Crippen molar-refractivity contribution >= 4 is 10.9 Å². The topological polar surface area (TPSA) is 34.4 Å². The molecular weight excluding hydrogens is 226 g/mol. The third-order valence-electron chi connectivity index (χ3n) is 3.32. The lowest BCUT2D eigenvalue weighted by atomic mass is 10.1. The van der Waals surface area contributed by atoms with Gasteiger partial charge in [0.15, 0.2) is 0 Å². The van der Waals surface area contributed by atoms with E-state index in [-0.39, 0.29) is 0 Å². The standard InChI is InChI=1S/C15H21NO2/c1-4-5-8-16-10-14(11(2)17)13-9-12(18-3)6-7-15(13)16/h6-7,9-11,17H,4-5,8H2,1-3H3. The summed E-state index contributed by atoms with van der Waals surface area (Å²) in [7, 11) is 1.66. The Balaban J connectivity index is 2.53. The van der Waals surface area contributed by atoms with Crippen molar-refractivity contribution < 1.29 is 9.84 Å². The number of hydrogen-bond donors (Lipinski definition) is 1. The number of aliphatic hydroxyl groups is 1. The smallest absolute Gasteiger partial charge is 0.119 e. The van der Waals surface area contributed by atoms with E-state index < -0.39 is 6.10 Å². The highest BCUT2D eigenvalue weighted by atomic mass is 16.5. The van der Waals surface area contributed by atoms with Crippen molar-refractivity contribution in [2.24, 2.45) is 0 Å². The third-order valence-corrected chi connectivity index (χ3v) is 3.32. The molecule has 0 saturated heterocycles. The van der Waals surface area contributed by atoms with Gasteiger partial charge in [-0.05, 0) is 31.5 Å². The molecular formula is C15H21NO2. The van der Waals surface area contributed by atoms with Crippen LogP contribution in [0.25, 0.3) is 10.9 Å². The van der Waals surface area contributed by atoms with E-state index in [9.17, 15) is 5.11 Å². The number of ether oxygens (including phenoxy) is 1. The fourth-order valence-corrected chi connectivity index (χ4v) is 2.28. The van der Waals surface area contributed by atoms with E-state index in [0.29, 0.717) is 0 Å². The van der Waals surface area contributed by atoms with Crippen LogP contribution in [0.15, 0.2) is 24.4 Å². The molecule has 1 aromatic carbocycles. The quantitative estimate of drug-likeness (QED) is 0.877. The molecule has 3 nitrogen and oxygen atoms in total. The maximum atomic E-state index is 9.87. The van der Waals surface area contributed by atoms with Crippen molar-refractivity contribution in [3.63, 3.8) is 0 Å². The molecule has 0 radical (unpaired) electrons. The number of unbranched alkanes of at least 4 members (excludes halogenated alkanes) is 1. The van der Waals surface area contributed by atoms with Gasteiger partial charge in [-0.2, -0.15) is 0 Å². The maximum absolute atomic E-state index is 9.87. The second-order valence-corrected chi connectivity index (χ2v) is 4.69. The van der Waals surface area contributed by atoms with Gasteiger partial charge in [-0.25, -0.2) is 0 Å². The lowest BCUT2D eigenvalue weighted by Gasteiger charge is -2.05. The van der Waals surface area contributed by atoms with E-state index in [0.717, 1.165) is 29.7 Å². The summed E-state index contributed by atoms with van der Waals surface area (Å²) in [5.41, 5.74) is 2.14. The Hall–Kier alpha value is -1.48. The molecule has 2 aromatic rings. The van der Waals surface area contributed by atoms with Crippen LogP contribution < -0.4 is 4.74 Å². The van der Waals surface area contributed by atoms with Gasteiger partial charge in [0.25, 0.3) is 0 Å². The number of rotatable bonds is 5. The SMILES string of the molecule is CCCCn1cc(C(C)O)c2cc(OC)ccc21. The molecule has 2 rings (SSSR count). The number of methoxy groups -OCH3 is 1. The Morgan fingerprint density at radius 1 is 1.39 bits per heavy atom.